The van der Waals surface area contributed by atoms with Crippen LogP contribution < -0.4 is 15.0 Å². The molecule has 202 valence electrons. The fourth-order valence-electron chi connectivity index (χ4n) is 4.22. The van der Waals surface area contributed by atoms with Gasteiger partial charge in [0.15, 0.2) is 23.4 Å². The zero-order valence-electron chi connectivity index (χ0n) is 21.6. The summed E-state index contributed by atoms with van der Waals surface area (Å²) in [6, 6.07) is 17.9. The van der Waals surface area contributed by atoms with Crippen molar-refractivity contribution in [2.75, 3.05) is 7.11 Å². The third kappa shape index (κ3) is 5.26. The highest BCUT2D eigenvalue weighted by atomic mass is 79.9. The van der Waals surface area contributed by atoms with Gasteiger partial charge in [-0.1, -0.05) is 34.1 Å². The molecule has 0 amide bonds. The summed E-state index contributed by atoms with van der Waals surface area (Å²) in [7, 11) is 1.46. The fraction of sp³-hybridized carbons (Fsp3) is 0.133. The topological polar surface area (TPSA) is 116 Å². The molecule has 40 heavy (non-hydrogen) atoms. The van der Waals surface area contributed by atoms with Crippen LogP contribution in [0.25, 0.3) is 33.5 Å². The van der Waals surface area contributed by atoms with Crippen LogP contribution in [0.15, 0.2) is 92.1 Å². The second kappa shape index (κ2) is 11.2. The summed E-state index contributed by atoms with van der Waals surface area (Å²) in [6.45, 7) is 5.22. The van der Waals surface area contributed by atoms with E-state index in [4.69, 9.17) is 18.9 Å². The molecule has 0 aliphatic heterocycles. The molecule has 2 heterocycles. The van der Waals surface area contributed by atoms with Crippen molar-refractivity contribution in [1.82, 2.24) is 9.66 Å². The number of para-hydroxylation sites is 1. The smallest absolute Gasteiger partial charge is 0.344 e. The van der Waals surface area contributed by atoms with Gasteiger partial charge >= 0.3 is 5.97 Å². The lowest BCUT2D eigenvalue weighted by Gasteiger charge is -2.18. The number of halogens is 1. The van der Waals surface area contributed by atoms with Gasteiger partial charge in [-0.05, 0) is 67.4 Å². The number of benzene rings is 3. The van der Waals surface area contributed by atoms with Gasteiger partial charge in [-0.15, -0.1) is 6.58 Å². The number of hydrogen-bond acceptors (Lipinski definition) is 7. The Hall–Kier alpha value is -4.70. The number of fused-ring (bicyclic) bond motifs is 2. The number of rotatable bonds is 9. The summed E-state index contributed by atoms with van der Waals surface area (Å²) in [4.78, 5) is 29.7. The zero-order chi connectivity index (χ0) is 28.4. The van der Waals surface area contributed by atoms with Crippen LogP contribution >= 0.6 is 15.9 Å². The Morgan fingerprint density at radius 3 is 2.77 bits per heavy atom. The molecule has 1 atom stereocenters. The minimum Gasteiger partial charge on any atom is -0.493 e. The predicted octanol–water partition coefficient (Wildman–Crippen LogP) is 6.04. The number of methoxy groups -OCH3 is 1. The first kappa shape index (κ1) is 26.9. The number of carboxylic acids is 1. The van der Waals surface area contributed by atoms with Gasteiger partial charge in [0.2, 0.25) is 5.82 Å². The number of aromatic nitrogens is 2. The van der Waals surface area contributed by atoms with Gasteiger partial charge in [0, 0.05) is 15.4 Å². The van der Waals surface area contributed by atoms with E-state index in [1.165, 1.54) is 24.9 Å². The average molecular weight is 602 g/mol. The van der Waals surface area contributed by atoms with E-state index in [9.17, 15) is 14.7 Å². The van der Waals surface area contributed by atoms with Crippen LogP contribution in [0.5, 0.6) is 11.5 Å². The first-order valence-electron chi connectivity index (χ1n) is 12.3. The largest absolute Gasteiger partial charge is 0.493 e. The molecule has 0 saturated heterocycles. The number of nitrogens with zero attached hydrogens (tertiary/aromatic N) is 3. The number of furan rings is 1. The summed E-state index contributed by atoms with van der Waals surface area (Å²) in [5.74, 6) is 0.130. The van der Waals surface area contributed by atoms with E-state index in [1.54, 1.807) is 36.4 Å². The molecular weight excluding hydrogens is 578 g/mol. The van der Waals surface area contributed by atoms with E-state index in [-0.39, 0.29) is 11.4 Å². The van der Waals surface area contributed by atoms with E-state index in [1.807, 2.05) is 30.3 Å². The van der Waals surface area contributed by atoms with Gasteiger partial charge in [0.25, 0.3) is 5.56 Å². The zero-order valence-corrected chi connectivity index (χ0v) is 23.2. The van der Waals surface area contributed by atoms with Crippen molar-refractivity contribution in [2.24, 2.45) is 5.10 Å². The van der Waals surface area contributed by atoms with Gasteiger partial charge in [-0.25, -0.2) is 9.78 Å². The first-order valence-corrected chi connectivity index (χ1v) is 13.0. The Bertz CT molecular complexity index is 1860. The molecule has 0 radical (unpaired) electrons. The highest BCUT2D eigenvalue weighted by molar-refractivity contribution is 9.10. The summed E-state index contributed by atoms with van der Waals surface area (Å²) in [5, 5.41) is 15.1. The Morgan fingerprint density at radius 2 is 2.02 bits per heavy atom. The maximum atomic E-state index is 13.6. The predicted molar refractivity (Wildman–Crippen MR) is 157 cm³/mol. The fourth-order valence-corrected chi connectivity index (χ4v) is 4.60. The van der Waals surface area contributed by atoms with Crippen LogP contribution in [-0.2, 0) is 11.2 Å². The molecule has 0 spiro atoms. The number of allylic oxidation sites excluding steroid dienone is 1. The van der Waals surface area contributed by atoms with Crippen LogP contribution in [0, 0.1) is 0 Å². The molecule has 1 N–H and O–H groups in total. The number of hydrogen-bond donors (Lipinski definition) is 1. The normalized spacial score (nSPS) is 12.2. The van der Waals surface area contributed by atoms with Gasteiger partial charge in [-0.3, -0.25) is 4.79 Å². The maximum Gasteiger partial charge on any atom is 0.344 e. The second-order valence-corrected chi connectivity index (χ2v) is 9.83. The highest BCUT2D eigenvalue weighted by Gasteiger charge is 2.20. The van der Waals surface area contributed by atoms with Crippen molar-refractivity contribution >= 4 is 50.0 Å². The van der Waals surface area contributed by atoms with Crippen molar-refractivity contribution in [2.45, 2.75) is 19.4 Å². The molecule has 3 aromatic carbocycles. The van der Waals surface area contributed by atoms with Crippen molar-refractivity contribution in [1.29, 1.82) is 0 Å². The van der Waals surface area contributed by atoms with Crippen LogP contribution in [0.1, 0.15) is 18.1 Å². The molecule has 10 heteroatoms. The summed E-state index contributed by atoms with van der Waals surface area (Å²) in [6.07, 6.45) is 2.46. The molecule has 0 bridgehead atoms. The Balaban J connectivity index is 1.65. The van der Waals surface area contributed by atoms with E-state index in [2.05, 4.69) is 27.6 Å². The van der Waals surface area contributed by atoms with Crippen LogP contribution in [0.3, 0.4) is 0 Å². The van der Waals surface area contributed by atoms with Crippen molar-refractivity contribution in [3.05, 3.63) is 99.3 Å². The molecule has 0 aliphatic carbocycles. The minimum atomic E-state index is -1.11. The number of aliphatic carboxylic acids is 1. The molecule has 5 rings (SSSR count). The third-order valence-electron chi connectivity index (χ3n) is 6.16. The van der Waals surface area contributed by atoms with Gasteiger partial charge in [0.1, 0.15) is 5.58 Å². The molecule has 0 unspecified atom stereocenters. The van der Waals surface area contributed by atoms with Crippen LogP contribution in [0.4, 0.5) is 0 Å². The number of ether oxygens (including phenoxy) is 2. The molecule has 9 nitrogen and oxygen atoms in total. The second-order valence-electron chi connectivity index (χ2n) is 8.91. The molecule has 0 fully saturated rings. The molecule has 0 saturated carbocycles. The number of carbonyl (C=O) groups is 1. The Kier molecular flexibility index (Phi) is 7.52. The lowest BCUT2D eigenvalue weighted by molar-refractivity contribution is -0.144. The maximum absolute atomic E-state index is 13.6. The molecular formula is C30H24BrN3O6. The van der Waals surface area contributed by atoms with Gasteiger partial charge < -0.3 is 19.0 Å². The average Bonchev–Trinajstić information content (AvgIpc) is 3.36. The van der Waals surface area contributed by atoms with Crippen LogP contribution in [-0.4, -0.2) is 40.2 Å². The van der Waals surface area contributed by atoms with E-state index in [0.29, 0.717) is 51.3 Å². The SMILES string of the molecule is C=CCc1cc(C=Nn2c(-c3cc4cc(Br)ccc4o3)nc3ccccc3c2=O)cc(OC)c1O[C@H](C)C(=O)O. The van der Waals surface area contributed by atoms with Gasteiger partial charge in [0.05, 0.1) is 24.2 Å². The highest BCUT2D eigenvalue weighted by Crippen LogP contribution is 2.34. The van der Waals surface area contributed by atoms with Crippen LogP contribution in [0.2, 0.25) is 0 Å². The quantitative estimate of drug-likeness (QED) is 0.162. The van der Waals surface area contributed by atoms with E-state index < -0.39 is 12.1 Å². The lowest BCUT2D eigenvalue weighted by atomic mass is 10.1. The molecule has 5 aromatic rings. The minimum absolute atomic E-state index is 0.237. The molecule has 0 aliphatic rings. The summed E-state index contributed by atoms with van der Waals surface area (Å²) >= 11 is 3.47. The first-order chi connectivity index (χ1) is 19.3. The summed E-state index contributed by atoms with van der Waals surface area (Å²) < 4.78 is 19.3. The van der Waals surface area contributed by atoms with E-state index >= 15 is 0 Å². The van der Waals surface area contributed by atoms with Crippen molar-refractivity contribution < 1.29 is 23.8 Å². The van der Waals surface area contributed by atoms with Crippen molar-refractivity contribution in [3.63, 3.8) is 0 Å². The Labute approximate surface area is 237 Å². The standard InChI is InChI=1S/C30H24BrN3O6/c1-4-7-19-12-18(13-25(38-3)27(19)39-17(2)30(36)37)16-32-34-28(33-23-9-6-5-8-22(23)29(34)35)26-15-20-14-21(31)10-11-24(20)40-26/h4-6,8-17H,1,7H2,2-3H3,(H,36,37)/t17-/m1/s1. The summed E-state index contributed by atoms with van der Waals surface area (Å²) in [5.41, 5.74) is 2.02. The van der Waals surface area contributed by atoms with E-state index in [0.717, 1.165) is 9.86 Å². The Morgan fingerprint density at radius 1 is 1.23 bits per heavy atom. The molecule has 2 aromatic heterocycles. The lowest BCUT2D eigenvalue weighted by Crippen LogP contribution is -2.23. The number of carboxylic acid groups (broad SMARTS) is 1. The van der Waals surface area contributed by atoms with Gasteiger partial charge in [-0.2, -0.15) is 9.78 Å². The van der Waals surface area contributed by atoms with Crippen molar-refractivity contribution in [3.8, 4) is 23.1 Å². The monoisotopic (exact) mass is 601 g/mol. The third-order valence-corrected chi connectivity index (χ3v) is 6.65.